The Kier molecular flexibility index (Phi) is 6.40. The zero-order valence-electron chi connectivity index (χ0n) is 22.4. The number of hydrogen-bond acceptors (Lipinski definition) is 4. The molecule has 3 aliphatic carbocycles. The van der Waals surface area contributed by atoms with Crippen LogP contribution in [0.25, 0.3) is 33.4 Å². The van der Waals surface area contributed by atoms with Gasteiger partial charge in [-0.25, -0.2) is 8.78 Å². The van der Waals surface area contributed by atoms with Gasteiger partial charge in [-0.2, -0.15) is 0 Å². The summed E-state index contributed by atoms with van der Waals surface area (Å²) < 4.78 is 34.7. The highest BCUT2D eigenvalue weighted by atomic mass is 19.1. The van der Waals surface area contributed by atoms with E-state index in [0.29, 0.717) is 51.0 Å². The Bertz CT molecular complexity index is 1670. The number of rotatable bonds is 9. The number of likely N-dealkylation sites (N-methyl/N-ethyl adjacent to an activating group) is 1. The van der Waals surface area contributed by atoms with Crippen molar-refractivity contribution in [2.75, 3.05) is 7.05 Å². The van der Waals surface area contributed by atoms with E-state index in [1.165, 1.54) is 25.2 Å². The fraction of sp³-hybridized carbons (Fsp3) is 0.303. The number of fused-ring (bicyclic) bond motifs is 1. The summed E-state index contributed by atoms with van der Waals surface area (Å²) in [5.41, 5.74) is 3.17. The third kappa shape index (κ3) is 4.43. The van der Waals surface area contributed by atoms with Crippen molar-refractivity contribution in [2.24, 2.45) is 11.3 Å². The van der Waals surface area contributed by atoms with Crippen molar-refractivity contribution >= 4 is 28.4 Å². The second-order valence-corrected chi connectivity index (χ2v) is 11.2. The van der Waals surface area contributed by atoms with Crippen LogP contribution in [0.5, 0.6) is 0 Å². The second kappa shape index (κ2) is 9.81. The fourth-order valence-corrected chi connectivity index (χ4v) is 6.34. The molecule has 3 fully saturated rings. The molecule has 0 atom stereocenters. The number of nitrogens with one attached hydrogen (secondary N) is 1. The van der Waals surface area contributed by atoms with Gasteiger partial charge in [-0.3, -0.25) is 14.4 Å². The number of ketones is 2. The lowest BCUT2D eigenvalue weighted by Gasteiger charge is -2.62. The molecule has 0 spiro atoms. The summed E-state index contributed by atoms with van der Waals surface area (Å²) in [5.74, 6) is -0.548. The average molecular weight is 542 g/mol. The number of carbonyl (C=O) groups excluding carboxylic acids is 3. The Labute approximate surface area is 230 Å². The SMILES string of the molecule is CCC(=O)c1c(-c2ccc(F)cc2)oc2cc(CC(=O)NC)c(-c3ccc(F)c(C(=O)CC45CC(C4)C5)c3)cc12. The topological polar surface area (TPSA) is 76.4 Å². The first-order valence-corrected chi connectivity index (χ1v) is 13.6. The van der Waals surface area contributed by atoms with Gasteiger partial charge >= 0.3 is 0 Å². The summed E-state index contributed by atoms with van der Waals surface area (Å²) in [6, 6.07) is 13.6. The number of furan rings is 1. The van der Waals surface area contributed by atoms with Crippen molar-refractivity contribution in [2.45, 2.75) is 45.4 Å². The van der Waals surface area contributed by atoms with Gasteiger partial charge in [0.25, 0.3) is 0 Å². The molecular formula is C33H29F2NO4. The monoisotopic (exact) mass is 541 g/mol. The van der Waals surface area contributed by atoms with Gasteiger partial charge in [-0.1, -0.05) is 13.0 Å². The molecule has 40 heavy (non-hydrogen) atoms. The quantitative estimate of drug-likeness (QED) is 0.226. The summed E-state index contributed by atoms with van der Waals surface area (Å²) in [6.07, 6.45) is 3.69. The molecule has 2 bridgehead atoms. The minimum atomic E-state index is -0.571. The van der Waals surface area contributed by atoms with Gasteiger partial charge in [0.15, 0.2) is 11.6 Å². The van der Waals surface area contributed by atoms with E-state index in [1.807, 2.05) is 0 Å². The molecular weight excluding hydrogens is 512 g/mol. The summed E-state index contributed by atoms with van der Waals surface area (Å²) >= 11 is 0. The number of halogens is 2. The molecule has 0 radical (unpaired) electrons. The van der Waals surface area contributed by atoms with Crippen molar-refractivity contribution < 1.29 is 27.6 Å². The van der Waals surface area contributed by atoms with Crippen LogP contribution in [0.3, 0.4) is 0 Å². The molecule has 204 valence electrons. The molecule has 7 heteroatoms. The zero-order chi connectivity index (χ0) is 28.2. The van der Waals surface area contributed by atoms with Crippen LogP contribution in [0.2, 0.25) is 0 Å². The first-order valence-electron chi connectivity index (χ1n) is 13.6. The number of benzene rings is 3. The van der Waals surface area contributed by atoms with Gasteiger partial charge < -0.3 is 9.73 Å². The lowest BCUT2D eigenvalue weighted by molar-refractivity contribution is -0.119. The second-order valence-electron chi connectivity index (χ2n) is 11.2. The van der Waals surface area contributed by atoms with Gasteiger partial charge in [0.1, 0.15) is 23.0 Å². The molecule has 3 aromatic carbocycles. The third-order valence-corrected chi connectivity index (χ3v) is 8.53. The van der Waals surface area contributed by atoms with Crippen LogP contribution in [-0.4, -0.2) is 24.5 Å². The fourth-order valence-electron chi connectivity index (χ4n) is 6.34. The van der Waals surface area contributed by atoms with Crippen LogP contribution in [0, 0.1) is 23.0 Å². The Morgan fingerprint density at radius 3 is 2.27 bits per heavy atom. The summed E-state index contributed by atoms with van der Waals surface area (Å²) in [5, 5.41) is 3.16. The van der Waals surface area contributed by atoms with E-state index in [1.54, 1.807) is 43.3 Å². The van der Waals surface area contributed by atoms with Crippen LogP contribution in [0.4, 0.5) is 8.78 Å². The Morgan fingerprint density at radius 1 is 0.950 bits per heavy atom. The van der Waals surface area contributed by atoms with E-state index < -0.39 is 11.6 Å². The normalized spacial score (nSPS) is 19.1. The molecule has 0 unspecified atom stereocenters. The van der Waals surface area contributed by atoms with Gasteiger partial charge in [0.2, 0.25) is 5.91 Å². The van der Waals surface area contributed by atoms with E-state index in [2.05, 4.69) is 5.32 Å². The van der Waals surface area contributed by atoms with Crippen molar-refractivity contribution in [1.82, 2.24) is 5.32 Å². The van der Waals surface area contributed by atoms with E-state index in [-0.39, 0.29) is 41.3 Å². The van der Waals surface area contributed by atoms with Crippen molar-refractivity contribution in [3.63, 3.8) is 0 Å². The van der Waals surface area contributed by atoms with E-state index >= 15 is 0 Å². The van der Waals surface area contributed by atoms with E-state index in [9.17, 15) is 23.2 Å². The molecule has 3 aliphatic rings. The average Bonchev–Trinajstić information content (AvgIpc) is 3.28. The summed E-state index contributed by atoms with van der Waals surface area (Å²) in [6.45, 7) is 1.75. The molecule has 1 heterocycles. The molecule has 1 amide bonds. The third-order valence-electron chi connectivity index (χ3n) is 8.53. The number of amides is 1. The van der Waals surface area contributed by atoms with Crippen LogP contribution < -0.4 is 5.32 Å². The van der Waals surface area contributed by atoms with Gasteiger partial charge in [0, 0.05) is 30.8 Å². The molecule has 0 saturated heterocycles. The smallest absolute Gasteiger partial charge is 0.224 e. The van der Waals surface area contributed by atoms with Gasteiger partial charge in [0.05, 0.1) is 17.5 Å². The van der Waals surface area contributed by atoms with Gasteiger partial charge in [-0.15, -0.1) is 0 Å². The molecule has 5 nitrogen and oxygen atoms in total. The highest BCUT2D eigenvalue weighted by Gasteiger charge is 2.57. The molecule has 1 N–H and O–H groups in total. The largest absolute Gasteiger partial charge is 0.455 e. The van der Waals surface area contributed by atoms with Crippen molar-refractivity contribution in [3.8, 4) is 22.5 Å². The highest BCUT2D eigenvalue weighted by Crippen LogP contribution is 2.66. The maximum absolute atomic E-state index is 14.9. The first-order chi connectivity index (χ1) is 19.2. The van der Waals surface area contributed by atoms with E-state index in [0.717, 1.165) is 25.2 Å². The molecule has 3 saturated carbocycles. The highest BCUT2D eigenvalue weighted by molar-refractivity contribution is 6.13. The number of hydrogen-bond donors (Lipinski definition) is 1. The molecule has 1 aromatic heterocycles. The van der Waals surface area contributed by atoms with Crippen LogP contribution >= 0.6 is 0 Å². The standard InChI is InChI=1S/C33H29F2NO4/c1-3-27(37)31-25-13-23(20-6-9-26(35)24(10-20)28(38)17-33-14-18(15-33)16-33)21(12-30(39)36-2)11-29(25)40-32(31)19-4-7-22(34)8-5-19/h4-11,13,18H,3,12,14-17H2,1-2H3,(H,36,39). The maximum atomic E-state index is 14.9. The Hall–Kier alpha value is -4.13. The summed E-state index contributed by atoms with van der Waals surface area (Å²) in [7, 11) is 1.54. The zero-order valence-corrected chi connectivity index (χ0v) is 22.4. The predicted octanol–water partition coefficient (Wildman–Crippen LogP) is 7.30. The van der Waals surface area contributed by atoms with Crippen molar-refractivity contribution in [3.05, 3.63) is 82.9 Å². The molecule has 7 rings (SSSR count). The first kappa shape index (κ1) is 26.1. The molecule has 4 aromatic rings. The molecule has 0 aliphatic heterocycles. The summed E-state index contributed by atoms with van der Waals surface area (Å²) in [4.78, 5) is 38.8. The van der Waals surface area contributed by atoms with E-state index in [4.69, 9.17) is 4.42 Å². The maximum Gasteiger partial charge on any atom is 0.224 e. The number of Topliss-reactive ketones (excluding diaryl/α,β-unsaturated/α-hetero) is 2. The number of carbonyl (C=O) groups is 3. The minimum Gasteiger partial charge on any atom is -0.455 e. The Balaban J connectivity index is 1.51. The minimum absolute atomic E-state index is 0.0105. The van der Waals surface area contributed by atoms with Gasteiger partial charge in [-0.05, 0) is 95.8 Å². The lowest BCUT2D eigenvalue weighted by atomic mass is 9.43. The lowest BCUT2D eigenvalue weighted by Crippen LogP contribution is -2.52. The van der Waals surface area contributed by atoms with Crippen LogP contribution in [-0.2, 0) is 11.2 Å². The van der Waals surface area contributed by atoms with Crippen molar-refractivity contribution in [1.29, 1.82) is 0 Å². The predicted molar refractivity (Wildman–Crippen MR) is 148 cm³/mol. The van der Waals surface area contributed by atoms with Crippen LogP contribution in [0.15, 0.2) is 59.0 Å². The van der Waals surface area contributed by atoms with Crippen LogP contribution in [0.1, 0.15) is 65.3 Å². The Morgan fingerprint density at radius 2 is 1.65 bits per heavy atom.